The lowest BCUT2D eigenvalue weighted by Crippen LogP contribution is -2.36. The maximum Gasteiger partial charge on any atom is 0.227 e. The second-order valence-corrected chi connectivity index (χ2v) is 10.5. The summed E-state index contributed by atoms with van der Waals surface area (Å²) < 4.78 is 6.31. The summed E-state index contributed by atoms with van der Waals surface area (Å²) in [5.74, 6) is 0.701. The van der Waals surface area contributed by atoms with Crippen LogP contribution in [0.25, 0.3) is 16.6 Å². The maximum absolute atomic E-state index is 12.7. The Morgan fingerprint density at radius 3 is 2.56 bits per heavy atom. The molecule has 190 valence electrons. The molecule has 1 amide bonds. The summed E-state index contributed by atoms with van der Waals surface area (Å²) >= 11 is 6.54. The Hall–Kier alpha value is -3.38. The van der Waals surface area contributed by atoms with E-state index >= 15 is 0 Å². The van der Waals surface area contributed by atoms with E-state index < -0.39 is 5.41 Å². The molecule has 7 heteroatoms. The largest absolute Gasteiger partial charge is 0.487 e. The normalized spacial score (nSPS) is 11.9. The van der Waals surface area contributed by atoms with Gasteiger partial charge in [0.1, 0.15) is 17.9 Å². The minimum atomic E-state index is -0.479. The van der Waals surface area contributed by atoms with Crippen LogP contribution in [-0.4, -0.2) is 46.8 Å². The van der Waals surface area contributed by atoms with E-state index in [1.54, 1.807) is 30.4 Å². The molecule has 0 unspecified atom stereocenters. The van der Waals surface area contributed by atoms with Gasteiger partial charge >= 0.3 is 0 Å². The lowest BCUT2D eigenvalue weighted by Gasteiger charge is -2.26. The molecule has 2 aromatic heterocycles. The van der Waals surface area contributed by atoms with E-state index in [-0.39, 0.29) is 12.5 Å². The van der Waals surface area contributed by atoms with Crippen molar-refractivity contribution < 1.29 is 9.53 Å². The zero-order valence-corrected chi connectivity index (χ0v) is 23.0. The number of aromatic nitrogens is 2. The average Bonchev–Trinajstić information content (AvgIpc) is 2.80. The molecule has 1 aromatic carbocycles. The summed E-state index contributed by atoms with van der Waals surface area (Å²) in [5, 5.41) is 1.48. The Kier molecular flexibility index (Phi) is 8.41. The summed E-state index contributed by atoms with van der Waals surface area (Å²) in [4.78, 5) is 25.5. The topological polar surface area (TPSA) is 58.6 Å². The van der Waals surface area contributed by atoms with Crippen LogP contribution < -0.4 is 4.74 Å². The van der Waals surface area contributed by atoms with E-state index in [2.05, 4.69) is 22.5 Å². The molecule has 36 heavy (non-hydrogen) atoms. The number of aryl methyl sites for hydroxylation is 1. The fourth-order valence-corrected chi connectivity index (χ4v) is 4.35. The van der Waals surface area contributed by atoms with Crippen LogP contribution in [0.15, 0.2) is 55.4 Å². The molecule has 0 fully saturated rings. The zero-order chi connectivity index (χ0) is 26.6. The molecule has 0 saturated carbocycles. The summed E-state index contributed by atoms with van der Waals surface area (Å²) in [6.07, 6.45) is 7.11. The maximum atomic E-state index is 12.7. The zero-order valence-electron chi connectivity index (χ0n) is 22.2. The van der Waals surface area contributed by atoms with Gasteiger partial charge in [-0.25, -0.2) is 4.98 Å². The molecule has 0 spiro atoms. The Morgan fingerprint density at radius 1 is 1.19 bits per heavy atom. The van der Waals surface area contributed by atoms with Crippen molar-refractivity contribution in [2.45, 2.75) is 40.8 Å². The number of hydrogen-bond donors (Lipinski definition) is 0. The molecule has 3 rings (SSSR count). The molecular weight excluding hydrogens is 472 g/mol. The van der Waals surface area contributed by atoms with Crippen LogP contribution in [0.1, 0.15) is 43.2 Å². The van der Waals surface area contributed by atoms with Gasteiger partial charge in [0.05, 0.1) is 5.02 Å². The number of nitrogens with zero attached hydrogens (tertiary/aromatic N) is 4. The first-order chi connectivity index (χ1) is 16.9. The number of fused-ring (bicyclic) bond motifs is 1. The van der Waals surface area contributed by atoms with Crippen molar-refractivity contribution in [3.63, 3.8) is 0 Å². The number of amides is 1. The van der Waals surface area contributed by atoms with E-state index in [0.717, 1.165) is 39.0 Å². The van der Waals surface area contributed by atoms with Crippen molar-refractivity contribution in [1.29, 1.82) is 0 Å². The summed E-state index contributed by atoms with van der Waals surface area (Å²) in [7, 11) is 5.80. The molecule has 0 aliphatic rings. The summed E-state index contributed by atoms with van der Waals surface area (Å²) in [6.45, 7) is 12.2. The fourth-order valence-electron chi connectivity index (χ4n) is 4.12. The molecule has 2 heterocycles. The first-order valence-corrected chi connectivity index (χ1v) is 12.2. The SMILES string of the molecule is C=C/C=C(/c1cc(C)nc2c(OCc3c(Cl)cncc3CN(C)C(=O)C(C)(C)C)cccc12)N(C)C. The number of carbonyl (C=O) groups is 1. The highest BCUT2D eigenvalue weighted by atomic mass is 35.5. The number of rotatable bonds is 8. The average molecular weight is 507 g/mol. The van der Waals surface area contributed by atoms with Crippen LogP contribution in [0.2, 0.25) is 5.02 Å². The quantitative estimate of drug-likeness (QED) is 0.337. The smallest absolute Gasteiger partial charge is 0.227 e. The Bertz CT molecular complexity index is 1310. The Labute approximate surface area is 219 Å². The van der Waals surface area contributed by atoms with Gasteiger partial charge in [-0.1, -0.05) is 57.2 Å². The van der Waals surface area contributed by atoms with Crippen LogP contribution in [0.4, 0.5) is 0 Å². The third-order valence-corrected chi connectivity index (χ3v) is 6.15. The predicted molar refractivity (Wildman–Crippen MR) is 148 cm³/mol. The van der Waals surface area contributed by atoms with Crippen LogP contribution >= 0.6 is 11.6 Å². The molecule has 0 saturated heterocycles. The Balaban J connectivity index is 1.98. The predicted octanol–water partition coefficient (Wildman–Crippen LogP) is 6.26. The number of hydrogen-bond acceptors (Lipinski definition) is 5. The second kappa shape index (κ2) is 11.1. The van der Waals surface area contributed by atoms with E-state index in [1.807, 2.05) is 66.1 Å². The highest BCUT2D eigenvalue weighted by Crippen LogP contribution is 2.33. The van der Waals surface area contributed by atoms with Gasteiger partial charge in [0.2, 0.25) is 5.91 Å². The van der Waals surface area contributed by atoms with E-state index in [1.165, 1.54) is 0 Å². The van der Waals surface area contributed by atoms with Crippen molar-refractivity contribution in [1.82, 2.24) is 19.8 Å². The van der Waals surface area contributed by atoms with Crippen molar-refractivity contribution in [3.05, 3.63) is 82.8 Å². The van der Waals surface area contributed by atoms with Crippen LogP contribution in [-0.2, 0) is 17.9 Å². The van der Waals surface area contributed by atoms with Crippen LogP contribution in [0.5, 0.6) is 5.75 Å². The Morgan fingerprint density at radius 2 is 1.92 bits per heavy atom. The highest BCUT2D eigenvalue weighted by molar-refractivity contribution is 6.31. The molecule has 0 aliphatic carbocycles. The van der Waals surface area contributed by atoms with Gasteiger partial charge in [-0.3, -0.25) is 9.78 Å². The molecule has 0 atom stereocenters. The fraction of sp³-hybridized carbons (Fsp3) is 0.345. The van der Waals surface area contributed by atoms with Crippen molar-refractivity contribution in [3.8, 4) is 5.75 Å². The first kappa shape index (κ1) is 27.2. The van der Waals surface area contributed by atoms with Crippen molar-refractivity contribution in [2.24, 2.45) is 5.41 Å². The van der Waals surface area contributed by atoms with Gasteiger partial charge in [0.25, 0.3) is 0 Å². The first-order valence-electron chi connectivity index (χ1n) is 11.8. The molecule has 3 aromatic rings. The van der Waals surface area contributed by atoms with Crippen molar-refractivity contribution in [2.75, 3.05) is 21.1 Å². The van der Waals surface area contributed by atoms with E-state index in [0.29, 0.717) is 17.3 Å². The molecule has 0 bridgehead atoms. The number of carbonyl (C=O) groups excluding carboxylic acids is 1. The highest BCUT2D eigenvalue weighted by Gasteiger charge is 2.26. The van der Waals surface area contributed by atoms with Crippen molar-refractivity contribution >= 4 is 34.1 Å². The molecule has 0 radical (unpaired) electrons. The van der Waals surface area contributed by atoms with Gasteiger partial charge in [0.15, 0.2) is 0 Å². The summed E-state index contributed by atoms with van der Waals surface area (Å²) in [5.41, 5.74) is 4.91. The standard InChI is InChI=1S/C29H35ClN4O2/c1-9-11-25(33(6)7)22-14-19(2)32-27-21(22)12-10-13-26(27)36-18-23-20(15-31-16-24(23)30)17-34(8)28(35)29(3,4)5/h9-16H,1,17-18H2,2-8H3/b25-11-. The van der Waals surface area contributed by atoms with E-state index in [4.69, 9.17) is 21.3 Å². The number of halogens is 1. The number of allylic oxidation sites excluding steroid dienone is 2. The molecule has 0 N–H and O–H groups in total. The molecule has 6 nitrogen and oxygen atoms in total. The van der Waals surface area contributed by atoms with Gasteiger partial charge in [-0.05, 0) is 30.7 Å². The number of benzene rings is 1. The van der Waals surface area contributed by atoms with Crippen LogP contribution in [0, 0.1) is 12.3 Å². The third kappa shape index (κ3) is 6.05. The van der Waals surface area contributed by atoms with Gasteiger partial charge in [-0.15, -0.1) is 0 Å². The monoisotopic (exact) mass is 506 g/mol. The minimum Gasteiger partial charge on any atom is -0.487 e. The number of ether oxygens (including phenoxy) is 1. The number of para-hydroxylation sites is 1. The molecular formula is C29H35ClN4O2. The van der Waals surface area contributed by atoms with Gasteiger partial charge < -0.3 is 14.5 Å². The second-order valence-electron chi connectivity index (χ2n) is 10.1. The van der Waals surface area contributed by atoms with Crippen LogP contribution in [0.3, 0.4) is 0 Å². The van der Waals surface area contributed by atoms with E-state index in [9.17, 15) is 4.79 Å². The minimum absolute atomic E-state index is 0.0416. The third-order valence-electron chi connectivity index (χ3n) is 5.83. The molecule has 0 aliphatic heterocycles. The van der Waals surface area contributed by atoms with Gasteiger partial charge in [-0.2, -0.15) is 0 Å². The lowest BCUT2D eigenvalue weighted by molar-refractivity contribution is -0.138. The summed E-state index contributed by atoms with van der Waals surface area (Å²) in [6, 6.07) is 7.99. The lowest BCUT2D eigenvalue weighted by atomic mass is 9.94. The van der Waals surface area contributed by atoms with Gasteiger partial charge in [0, 0.05) is 73.4 Å². The number of pyridine rings is 2.